The first-order valence-electron chi connectivity index (χ1n) is 6.36. The van der Waals surface area contributed by atoms with Gasteiger partial charge in [0.25, 0.3) is 0 Å². The highest BCUT2D eigenvalue weighted by Gasteiger charge is 2.15. The van der Waals surface area contributed by atoms with Crippen LogP contribution in [0.5, 0.6) is 5.75 Å². The molecule has 0 spiro atoms. The topological polar surface area (TPSA) is 35.2 Å². The van der Waals surface area contributed by atoms with Gasteiger partial charge in [0.15, 0.2) is 0 Å². The van der Waals surface area contributed by atoms with E-state index in [1.54, 1.807) is 44.4 Å². The number of ether oxygens (including phenoxy) is 1. The lowest BCUT2D eigenvalue weighted by Gasteiger charge is -2.16. The maximum Gasteiger partial charge on any atom is 0.130 e. The molecule has 0 bridgehead atoms. The molecular weight excluding hydrogens is 277 g/mol. The summed E-state index contributed by atoms with van der Waals surface area (Å²) in [5, 5.41) is 0.609. The number of hydrogen-bond donors (Lipinski definition) is 1. The molecule has 0 amide bonds. The summed E-state index contributed by atoms with van der Waals surface area (Å²) >= 11 is 5.99. The minimum absolute atomic E-state index is 0.249. The van der Waals surface area contributed by atoms with Gasteiger partial charge in [0.2, 0.25) is 0 Å². The van der Waals surface area contributed by atoms with Crippen molar-refractivity contribution >= 4 is 11.6 Å². The van der Waals surface area contributed by atoms with Crippen LogP contribution in [0.1, 0.15) is 22.7 Å². The monoisotopic (exact) mass is 293 g/mol. The lowest BCUT2D eigenvalue weighted by atomic mass is 9.97. The fourth-order valence-corrected chi connectivity index (χ4v) is 2.40. The van der Waals surface area contributed by atoms with Crippen LogP contribution < -0.4 is 10.5 Å². The molecule has 1 atom stereocenters. The molecule has 0 radical (unpaired) electrons. The lowest BCUT2D eigenvalue weighted by Crippen LogP contribution is -2.16. The first-order valence-corrected chi connectivity index (χ1v) is 6.73. The van der Waals surface area contributed by atoms with Crippen molar-refractivity contribution < 1.29 is 9.13 Å². The molecule has 1 unspecified atom stereocenters. The molecule has 0 saturated carbocycles. The Balaban J connectivity index is 2.30. The highest BCUT2D eigenvalue weighted by Crippen LogP contribution is 2.28. The first-order chi connectivity index (χ1) is 9.52. The Morgan fingerprint density at radius 2 is 2.05 bits per heavy atom. The SMILES string of the molecule is COc1ccc(Cl)cc1CC(N)c1cccc(C)c1F. The quantitative estimate of drug-likeness (QED) is 0.923. The van der Waals surface area contributed by atoms with Gasteiger partial charge < -0.3 is 10.5 Å². The minimum Gasteiger partial charge on any atom is -0.496 e. The van der Waals surface area contributed by atoms with E-state index in [1.807, 2.05) is 6.07 Å². The van der Waals surface area contributed by atoms with E-state index in [9.17, 15) is 4.39 Å². The molecule has 0 saturated heterocycles. The molecule has 20 heavy (non-hydrogen) atoms. The average molecular weight is 294 g/mol. The van der Waals surface area contributed by atoms with Crippen molar-refractivity contribution in [1.82, 2.24) is 0 Å². The summed E-state index contributed by atoms with van der Waals surface area (Å²) in [6, 6.07) is 10.1. The summed E-state index contributed by atoms with van der Waals surface area (Å²) in [6.07, 6.45) is 0.462. The van der Waals surface area contributed by atoms with E-state index in [4.69, 9.17) is 22.1 Å². The van der Waals surface area contributed by atoms with Gasteiger partial charge in [-0.05, 0) is 42.7 Å². The van der Waals surface area contributed by atoms with Crippen molar-refractivity contribution in [1.29, 1.82) is 0 Å². The van der Waals surface area contributed by atoms with Gasteiger partial charge in [-0.25, -0.2) is 4.39 Å². The van der Waals surface area contributed by atoms with E-state index >= 15 is 0 Å². The van der Waals surface area contributed by atoms with Crippen LogP contribution in [-0.2, 0) is 6.42 Å². The van der Waals surface area contributed by atoms with Gasteiger partial charge in [-0.1, -0.05) is 29.8 Å². The van der Waals surface area contributed by atoms with E-state index in [1.165, 1.54) is 0 Å². The van der Waals surface area contributed by atoms with Crippen LogP contribution in [0.25, 0.3) is 0 Å². The number of halogens is 2. The standard InChI is InChI=1S/C16H17ClFNO/c1-10-4-3-5-13(16(10)18)14(19)9-11-8-12(17)6-7-15(11)20-2/h3-8,14H,9,19H2,1-2H3. The van der Waals surface area contributed by atoms with Crippen molar-refractivity contribution in [3.8, 4) is 5.75 Å². The molecular formula is C16H17ClFNO. The molecule has 0 aliphatic heterocycles. The van der Waals surface area contributed by atoms with Crippen molar-refractivity contribution in [3.05, 3.63) is 63.9 Å². The number of nitrogens with two attached hydrogens (primary N) is 1. The molecule has 2 aromatic rings. The average Bonchev–Trinajstić information content (AvgIpc) is 2.42. The Morgan fingerprint density at radius 3 is 2.75 bits per heavy atom. The summed E-state index contributed by atoms with van der Waals surface area (Å²) in [7, 11) is 1.59. The third-order valence-corrected chi connectivity index (χ3v) is 3.54. The largest absolute Gasteiger partial charge is 0.496 e. The zero-order valence-corrected chi connectivity index (χ0v) is 12.2. The lowest BCUT2D eigenvalue weighted by molar-refractivity contribution is 0.408. The van der Waals surface area contributed by atoms with Crippen LogP contribution >= 0.6 is 11.6 Å². The maximum absolute atomic E-state index is 14.1. The molecule has 2 nitrogen and oxygen atoms in total. The maximum atomic E-state index is 14.1. The minimum atomic E-state index is -0.442. The predicted octanol–water partition coefficient (Wildman–Crippen LogP) is 4.04. The summed E-state index contributed by atoms with van der Waals surface area (Å²) in [6.45, 7) is 1.73. The van der Waals surface area contributed by atoms with Gasteiger partial charge >= 0.3 is 0 Å². The molecule has 0 aromatic heterocycles. The molecule has 2 aromatic carbocycles. The zero-order valence-electron chi connectivity index (χ0n) is 11.5. The van der Waals surface area contributed by atoms with Crippen molar-refractivity contribution in [3.63, 3.8) is 0 Å². The van der Waals surface area contributed by atoms with Crippen molar-refractivity contribution in [2.45, 2.75) is 19.4 Å². The molecule has 0 heterocycles. The Kier molecular flexibility index (Phi) is 4.63. The van der Waals surface area contributed by atoms with Gasteiger partial charge in [-0.2, -0.15) is 0 Å². The Morgan fingerprint density at radius 1 is 1.30 bits per heavy atom. The summed E-state index contributed by atoms with van der Waals surface area (Å²) in [4.78, 5) is 0. The van der Waals surface area contributed by atoms with Gasteiger partial charge in [0, 0.05) is 16.6 Å². The fourth-order valence-electron chi connectivity index (χ4n) is 2.21. The van der Waals surface area contributed by atoms with Gasteiger partial charge in [0.05, 0.1) is 7.11 Å². The van der Waals surface area contributed by atoms with Crippen molar-refractivity contribution in [2.24, 2.45) is 5.73 Å². The third-order valence-electron chi connectivity index (χ3n) is 3.30. The molecule has 0 aliphatic rings. The second-order valence-corrected chi connectivity index (χ2v) is 5.18. The Hall–Kier alpha value is -1.58. The van der Waals surface area contributed by atoms with E-state index in [0.29, 0.717) is 28.3 Å². The van der Waals surface area contributed by atoms with E-state index in [-0.39, 0.29) is 5.82 Å². The van der Waals surface area contributed by atoms with Crippen LogP contribution in [-0.4, -0.2) is 7.11 Å². The fraction of sp³-hybridized carbons (Fsp3) is 0.250. The van der Waals surface area contributed by atoms with E-state index in [0.717, 1.165) is 5.56 Å². The van der Waals surface area contributed by atoms with E-state index < -0.39 is 6.04 Å². The van der Waals surface area contributed by atoms with Crippen LogP contribution in [0.4, 0.5) is 4.39 Å². The molecule has 0 aliphatic carbocycles. The number of rotatable bonds is 4. The number of hydrogen-bond acceptors (Lipinski definition) is 2. The smallest absolute Gasteiger partial charge is 0.130 e. The van der Waals surface area contributed by atoms with Gasteiger partial charge in [-0.15, -0.1) is 0 Å². The third kappa shape index (κ3) is 3.11. The van der Waals surface area contributed by atoms with Crippen molar-refractivity contribution in [2.75, 3.05) is 7.11 Å². The number of aryl methyl sites for hydroxylation is 1. The second-order valence-electron chi connectivity index (χ2n) is 4.74. The van der Waals surface area contributed by atoms with Crippen LogP contribution in [0.2, 0.25) is 5.02 Å². The summed E-state index contributed by atoms with van der Waals surface area (Å²) in [5.41, 5.74) is 8.10. The molecule has 2 rings (SSSR count). The Labute approximate surface area is 123 Å². The Bertz CT molecular complexity index is 615. The van der Waals surface area contributed by atoms with Crippen LogP contribution in [0.3, 0.4) is 0 Å². The van der Waals surface area contributed by atoms with Gasteiger partial charge in [0.1, 0.15) is 11.6 Å². The second kappa shape index (κ2) is 6.25. The summed E-state index contributed by atoms with van der Waals surface area (Å²) < 4.78 is 19.4. The van der Waals surface area contributed by atoms with E-state index in [2.05, 4.69) is 0 Å². The molecule has 0 fully saturated rings. The highest BCUT2D eigenvalue weighted by atomic mass is 35.5. The molecule has 106 valence electrons. The number of methoxy groups -OCH3 is 1. The van der Waals surface area contributed by atoms with Crippen LogP contribution in [0.15, 0.2) is 36.4 Å². The zero-order chi connectivity index (χ0) is 14.7. The predicted molar refractivity (Wildman–Crippen MR) is 79.8 cm³/mol. The first kappa shape index (κ1) is 14.8. The molecule has 2 N–H and O–H groups in total. The molecule has 4 heteroatoms. The number of benzene rings is 2. The van der Waals surface area contributed by atoms with Gasteiger partial charge in [-0.3, -0.25) is 0 Å². The summed E-state index contributed by atoms with van der Waals surface area (Å²) in [5.74, 6) is 0.457. The normalized spacial score (nSPS) is 12.2. The van der Waals surface area contributed by atoms with Crippen LogP contribution in [0, 0.1) is 12.7 Å². The highest BCUT2D eigenvalue weighted by molar-refractivity contribution is 6.30.